The van der Waals surface area contributed by atoms with Crippen molar-refractivity contribution in [3.05, 3.63) is 89.1 Å². The highest BCUT2D eigenvalue weighted by molar-refractivity contribution is 5.93. The Bertz CT molecular complexity index is 1430. The molecule has 166 valence electrons. The third kappa shape index (κ3) is 3.46. The van der Waals surface area contributed by atoms with Crippen LogP contribution in [-0.2, 0) is 6.54 Å². The molecule has 6 heteroatoms. The number of hydrogen-bond donors (Lipinski definition) is 0. The average molecular weight is 438 g/mol. The molecule has 2 aromatic carbocycles. The quantitative estimate of drug-likeness (QED) is 0.384. The zero-order chi connectivity index (χ0) is 22.4. The second kappa shape index (κ2) is 8.03. The Morgan fingerprint density at radius 1 is 1.00 bits per heavy atom. The van der Waals surface area contributed by atoms with Crippen LogP contribution in [-0.4, -0.2) is 24.1 Å². The SMILES string of the molecule is C[C@@H]1CCCC[C@H]1n1nc2c3ccccc3n(Cc3ccc(-n4cccn4)cc3)cc-2c1=O. The molecule has 1 aliphatic carbocycles. The summed E-state index contributed by atoms with van der Waals surface area (Å²) < 4.78 is 5.81. The number of para-hydroxylation sites is 1. The highest BCUT2D eigenvalue weighted by Gasteiger charge is 2.29. The van der Waals surface area contributed by atoms with Crippen LogP contribution in [0.3, 0.4) is 0 Å². The van der Waals surface area contributed by atoms with E-state index >= 15 is 0 Å². The van der Waals surface area contributed by atoms with Crippen molar-refractivity contribution in [2.24, 2.45) is 5.92 Å². The third-order valence-corrected chi connectivity index (χ3v) is 7.09. The molecule has 6 nitrogen and oxygen atoms in total. The second-order valence-corrected chi connectivity index (χ2v) is 9.23. The van der Waals surface area contributed by atoms with Gasteiger partial charge in [0.25, 0.3) is 5.56 Å². The standard InChI is InChI=1S/C27H27N5O/c1-19-7-2-4-9-24(19)32-27(33)23-18-30(25-10-5-3-8-22(25)26(23)29-32)17-20-11-13-21(14-12-20)31-16-6-15-28-31/h3,5-6,8,10-16,18-19,24H,2,4,7,9,17H2,1H3/t19-,24-/m1/s1. The van der Waals surface area contributed by atoms with E-state index in [2.05, 4.69) is 53.0 Å². The van der Waals surface area contributed by atoms with Gasteiger partial charge in [-0.05, 0) is 48.6 Å². The van der Waals surface area contributed by atoms with Crippen LogP contribution in [0.4, 0.5) is 0 Å². The van der Waals surface area contributed by atoms with Gasteiger partial charge in [-0.2, -0.15) is 10.2 Å². The van der Waals surface area contributed by atoms with Gasteiger partial charge in [-0.1, -0.05) is 50.1 Å². The number of hydrogen-bond acceptors (Lipinski definition) is 3. The summed E-state index contributed by atoms with van der Waals surface area (Å²) in [6.07, 6.45) is 10.3. The summed E-state index contributed by atoms with van der Waals surface area (Å²) in [5.74, 6) is 0.479. The minimum absolute atomic E-state index is 0.0392. The van der Waals surface area contributed by atoms with Crippen molar-refractivity contribution in [2.45, 2.75) is 45.2 Å². The van der Waals surface area contributed by atoms with Gasteiger partial charge in [0.05, 0.1) is 22.8 Å². The molecule has 0 bridgehead atoms. The molecule has 1 aromatic heterocycles. The van der Waals surface area contributed by atoms with E-state index < -0.39 is 0 Å². The smallest absolute Gasteiger partial charge is 0.278 e. The average Bonchev–Trinajstić information content (AvgIpc) is 3.49. The van der Waals surface area contributed by atoms with Crippen LogP contribution in [0, 0.1) is 5.92 Å². The Morgan fingerprint density at radius 2 is 1.82 bits per heavy atom. The van der Waals surface area contributed by atoms with Gasteiger partial charge in [0.2, 0.25) is 0 Å². The molecule has 3 aromatic rings. The molecule has 33 heavy (non-hydrogen) atoms. The first-order valence-electron chi connectivity index (χ1n) is 11.8. The lowest BCUT2D eigenvalue weighted by atomic mass is 9.86. The van der Waals surface area contributed by atoms with E-state index in [0.29, 0.717) is 18.0 Å². The summed E-state index contributed by atoms with van der Waals surface area (Å²) >= 11 is 0. The van der Waals surface area contributed by atoms with E-state index in [-0.39, 0.29) is 11.6 Å². The van der Waals surface area contributed by atoms with Crippen molar-refractivity contribution in [3.63, 3.8) is 0 Å². The van der Waals surface area contributed by atoms with E-state index in [1.54, 1.807) is 10.9 Å². The fraction of sp³-hybridized carbons (Fsp3) is 0.296. The maximum Gasteiger partial charge on any atom is 0.278 e. The van der Waals surface area contributed by atoms with Crippen LogP contribution in [0.2, 0.25) is 0 Å². The largest absolute Gasteiger partial charge is 0.342 e. The van der Waals surface area contributed by atoms with Crippen LogP contribution in [0.15, 0.2) is 78.0 Å². The van der Waals surface area contributed by atoms with Crippen molar-refractivity contribution in [2.75, 3.05) is 0 Å². The summed E-state index contributed by atoms with van der Waals surface area (Å²) in [7, 11) is 0. The Hall–Kier alpha value is -3.67. The summed E-state index contributed by atoms with van der Waals surface area (Å²) in [6, 6.07) is 18.8. The molecule has 0 unspecified atom stereocenters. The summed E-state index contributed by atoms with van der Waals surface area (Å²) in [5.41, 5.74) is 4.85. The number of aromatic nitrogens is 5. The van der Waals surface area contributed by atoms with Gasteiger partial charge in [-0.25, -0.2) is 9.36 Å². The molecule has 0 radical (unpaired) electrons. The summed E-state index contributed by atoms with van der Waals surface area (Å²) in [4.78, 5) is 13.5. The lowest BCUT2D eigenvalue weighted by Crippen LogP contribution is -2.29. The van der Waals surface area contributed by atoms with Gasteiger partial charge >= 0.3 is 0 Å². The van der Waals surface area contributed by atoms with Crippen molar-refractivity contribution in [1.82, 2.24) is 24.1 Å². The predicted octanol–water partition coefficient (Wildman–Crippen LogP) is 5.29. The maximum absolute atomic E-state index is 13.5. The van der Waals surface area contributed by atoms with E-state index in [1.807, 2.05) is 35.3 Å². The topological polar surface area (TPSA) is 57.6 Å². The highest BCUT2D eigenvalue weighted by atomic mass is 16.1. The first kappa shape index (κ1) is 20.0. The van der Waals surface area contributed by atoms with Crippen LogP contribution in [0.5, 0.6) is 0 Å². The molecule has 0 N–H and O–H groups in total. The molecule has 1 fully saturated rings. The Morgan fingerprint density at radius 3 is 2.61 bits per heavy atom. The van der Waals surface area contributed by atoms with Gasteiger partial charge in [-0.3, -0.25) is 4.79 Å². The maximum atomic E-state index is 13.5. The third-order valence-electron chi connectivity index (χ3n) is 7.09. The van der Waals surface area contributed by atoms with E-state index in [4.69, 9.17) is 5.10 Å². The van der Waals surface area contributed by atoms with Gasteiger partial charge in [0.1, 0.15) is 5.69 Å². The van der Waals surface area contributed by atoms with Crippen molar-refractivity contribution >= 4 is 10.9 Å². The van der Waals surface area contributed by atoms with Crippen LogP contribution >= 0.6 is 0 Å². The lowest BCUT2D eigenvalue weighted by molar-refractivity contribution is 0.236. The number of benzene rings is 2. The van der Waals surface area contributed by atoms with Crippen LogP contribution in [0.25, 0.3) is 27.8 Å². The summed E-state index contributed by atoms with van der Waals surface area (Å²) in [6.45, 7) is 2.93. The molecule has 0 amide bonds. The molecule has 3 aliphatic rings. The monoisotopic (exact) mass is 437 g/mol. The Balaban J connectivity index is 1.43. The summed E-state index contributed by atoms with van der Waals surface area (Å²) in [5, 5.41) is 10.2. The zero-order valence-electron chi connectivity index (χ0n) is 18.8. The van der Waals surface area contributed by atoms with Gasteiger partial charge < -0.3 is 4.57 Å². The fourth-order valence-electron chi connectivity index (χ4n) is 5.28. The molecule has 2 atom stereocenters. The van der Waals surface area contributed by atoms with Crippen LogP contribution in [0.1, 0.15) is 44.2 Å². The van der Waals surface area contributed by atoms with Crippen molar-refractivity contribution in [3.8, 4) is 16.9 Å². The van der Waals surface area contributed by atoms with Crippen molar-refractivity contribution < 1.29 is 0 Å². The van der Waals surface area contributed by atoms with Gasteiger partial charge in [0.15, 0.2) is 0 Å². The molecule has 2 aliphatic heterocycles. The molecule has 0 spiro atoms. The van der Waals surface area contributed by atoms with E-state index in [0.717, 1.165) is 35.1 Å². The minimum Gasteiger partial charge on any atom is -0.342 e. The number of pyridine rings is 1. The molecule has 3 heterocycles. The lowest BCUT2D eigenvalue weighted by Gasteiger charge is -2.28. The first-order chi connectivity index (χ1) is 16.2. The molecule has 1 saturated carbocycles. The number of fused-ring (bicyclic) bond motifs is 3. The molecule has 6 rings (SSSR count). The number of nitrogens with zero attached hydrogens (tertiary/aromatic N) is 5. The molecular weight excluding hydrogens is 410 g/mol. The zero-order valence-corrected chi connectivity index (χ0v) is 18.8. The van der Waals surface area contributed by atoms with Gasteiger partial charge in [0, 0.05) is 30.5 Å². The molecule has 0 saturated heterocycles. The van der Waals surface area contributed by atoms with Crippen LogP contribution < -0.4 is 5.56 Å². The first-order valence-corrected chi connectivity index (χ1v) is 11.8. The predicted molar refractivity (Wildman–Crippen MR) is 130 cm³/mol. The fourth-order valence-corrected chi connectivity index (χ4v) is 5.28. The van der Waals surface area contributed by atoms with E-state index in [9.17, 15) is 4.79 Å². The Kier molecular flexibility index (Phi) is 4.86. The second-order valence-electron chi connectivity index (χ2n) is 9.23. The van der Waals surface area contributed by atoms with Gasteiger partial charge in [-0.15, -0.1) is 0 Å². The Labute approximate surface area is 192 Å². The minimum atomic E-state index is 0.0392. The normalized spacial score (nSPS) is 18.8. The van der Waals surface area contributed by atoms with Crippen molar-refractivity contribution in [1.29, 1.82) is 0 Å². The van der Waals surface area contributed by atoms with E-state index in [1.165, 1.54) is 18.4 Å². The highest BCUT2D eigenvalue weighted by Crippen LogP contribution is 2.35. The number of rotatable bonds is 4. The molecular formula is C27H27N5O.